The number of halogens is 3. The smallest absolute Gasteiger partial charge is 0.150 e. The first-order valence-electron chi connectivity index (χ1n) is 3.48. The molecule has 0 aliphatic rings. The number of nitrogens with two attached hydrogens (primary N) is 1. The Bertz CT molecular complexity index is 319. The molecular formula is C8H7Cl2FN2. The van der Waals surface area contributed by atoms with Crippen molar-refractivity contribution in [1.82, 2.24) is 0 Å². The van der Waals surface area contributed by atoms with E-state index >= 15 is 0 Å². The fraction of sp³-hybridized carbons (Fsp3) is 0.125. The molecule has 70 valence electrons. The highest BCUT2D eigenvalue weighted by Crippen LogP contribution is 2.27. The summed E-state index contributed by atoms with van der Waals surface area (Å²) in [6.07, 6.45) is 0. The number of aliphatic imine (C=N–C) groups is 1. The van der Waals surface area contributed by atoms with E-state index in [-0.39, 0.29) is 22.4 Å². The number of nitrogens with zero attached hydrogens (tertiary/aromatic N) is 1. The molecular weight excluding hydrogens is 214 g/mol. The first-order valence-corrected chi connectivity index (χ1v) is 4.39. The monoisotopic (exact) mass is 220 g/mol. The van der Waals surface area contributed by atoms with E-state index < -0.39 is 5.82 Å². The Morgan fingerprint density at radius 3 is 2.77 bits per heavy atom. The van der Waals surface area contributed by atoms with Crippen molar-refractivity contribution in [3.8, 4) is 0 Å². The van der Waals surface area contributed by atoms with E-state index in [1.807, 2.05) is 0 Å². The topological polar surface area (TPSA) is 38.4 Å². The van der Waals surface area contributed by atoms with E-state index in [4.69, 9.17) is 28.9 Å². The summed E-state index contributed by atoms with van der Waals surface area (Å²) in [6.45, 7) is 0. The van der Waals surface area contributed by atoms with Gasteiger partial charge < -0.3 is 5.73 Å². The predicted octanol–water partition coefficient (Wildman–Crippen LogP) is 2.71. The number of rotatable bonds is 2. The zero-order chi connectivity index (χ0) is 9.84. The normalized spacial score (nSPS) is 11.8. The van der Waals surface area contributed by atoms with Crippen LogP contribution in [0.15, 0.2) is 23.2 Å². The van der Waals surface area contributed by atoms with Crippen LogP contribution in [0.25, 0.3) is 0 Å². The van der Waals surface area contributed by atoms with E-state index in [2.05, 4.69) is 4.99 Å². The van der Waals surface area contributed by atoms with Crippen molar-refractivity contribution in [2.45, 2.75) is 0 Å². The average molecular weight is 221 g/mol. The summed E-state index contributed by atoms with van der Waals surface area (Å²) >= 11 is 11.1. The summed E-state index contributed by atoms with van der Waals surface area (Å²) in [5.74, 6) is -0.334. The molecule has 0 heterocycles. The highest BCUT2D eigenvalue weighted by molar-refractivity contribution is 6.33. The van der Waals surface area contributed by atoms with E-state index in [0.717, 1.165) is 0 Å². The Morgan fingerprint density at radius 1 is 1.54 bits per heavy atom. The molecule has 2 N–H and O–H groups in total. The fourth-order valence-electron chi connectivity index (χ4n) is 0.769. The van der Waals surface area contributed by atoms with Gasteiger partial charge in [0.15, 0.2) is 0 Å². The summed E-state index contributed by atoms with van der Waals surface area (Å²) in [4.78, 5) is 3.73. The number of hydrogen-bond donors (Lipinski definition) is 1. The van der Waals surface area contributed by atoms with Crippen LogP contribution < -0.4 is 5.73 Å². The number of benzene rings is 1. The summed E-state index contributed by atoms with van der Waals surface area (Å²) in [7, 11) is 0. The van der Waals surface area contributed by atoms with E-state index in [1.54, 1.807) is 0 Å². The molecule has 1 aromatic carbocycles. The van der Waals surface area contributed by atoms with Crippen LogP contribution in [0.5, 0.6) is 0 Å². The van der Waals surface area contributed by atoms with Crippen LogP contribution in [0, 0.1) is 5.82 Å². The Morgan fingerprint density at radius 2 is 2.23 bits per heavy atom. The maximum atomic E-state index is 13.1. The van der Waals surface area contributed by atoms with Crippen LogP contribution in [-0.4, -0.2) is 11.7 Å². The van der Waals surface area contributed by atoms with Crippen molar-refractivity contribution < 1.29 is 4.39 Å². The SMILES string of the molecule is NC(CCl)=Nc1c(F)cccc1Cl. The van der Waals surface area contributed by atoms with Gasteiger partial charge in [0.2, 0.25) is 0 Å². The fourth-order valence-corrected chi connectivity index (χ4v) is 1.03. The lowest BCUT2D eigenvalue weighted by atomic mass is 10.3. The lowest BCUT2D eigenvalue weighted by molar-refractivity contribution is 0.630. The van der Waals surface area contributed by atoms with E-state index in [1.165, 1.54) is 18.2 Å². The van der Waals surface area contributed by atoms with Gasteiger partial charge in [-0.25, -0.2) is 9.38 Å². The zero-order valence-electron chi connectivity index (χ0n) is 6.60. The molecule has 0 aliphatic carbocycles. The molecule has 1 rings (SSSR count). The van der Waals surface area contributed by atoms with Gasteiger partial charge in [-0.05, 0) is 12.1 Å². The second-order valence-corrected chi connectivity index (χ2v) is 2.98. The van der Waals surface area contributed by atoms with Gasteiger partial charge in [-0.3, -0.25) is 0 Å². The molecule has 0 amide bonds. The van der Waals surface area contributed by atoms with Crippen molar-refractivity contribution in [3.05, 3.63) is 29.0 Å². The molecule has 0 saturated heterocycles. The van der Waals surface area contributed by atoms with Crippen LogP contribution >= 0.6 is 23.2 Å². The Hall–Kier alpha value is -0.800. The number of hydrogen-bond acceptors (Lipinski definition) is 1. The molecule has 0 radical (unpaired) electrons. The van der Waals surface area contributed by atoms with Gasteiger partial charge in [0.05, 0.1) is 10.9 Å². The third-order valence-electron chi connectivity index (χ3n) is 1.33. The zero-order valence-corrected chi connectivity index (χ0v) is 8.11. The van der Waals surface area contributed by atoms with Gasteiger partial charge in [-0.15, -0.1) is 11.6 Å². The van der Waals surface area contributed by atoms with Gasteiger partial charge >= 0.3 is 0 Å². The lowest BCUT2D eigenvalue weighted by Gasteiger charge is -2.00. The molecule has 2 nitrogen and oxygen atoms in total. The number of alkyl halides is 1. The minimum absolute atomic E-state index is 0.0299. The molecule has 0 fully saturated rings. The van der Waals surface area contributed by atoms with Crippen molar-refractivity contribution in [3.63, 3.8) is 0 Å². The number of para-hydroxylation sites is 1. The Labute approximate surface area is 85.2 Å². The van der Waals surface area contributed by atoms with Gasteiger partial charge in [-0.1, -0.05) is 17.7 Å². The molecule has 0 spiro atoms. The molecule has 13 heavy (non-hydrogen) atoms. The number of amidine groups is 1. The summed E-state index contributed by atoms with van der Waals surface area (Å²) < 4.78 is 13.1. The second-order valence-electron chi connectivity index (χ2n) is 2.31. The Balaban J connectivity index is 3.14. The van der Waals surface area contributed by atoms with Gasteiger partial charge in [0.1, 0.15) is 17.3 Å². The van der Waals surface area contributed by atoms with Crippen LogP contribution in [0.1, 0.15) is 0 Å². The van der Waals surface area contributed by atoms with Crippen LogP contribution in [0.2, 0.25) is 5.02 Å². The minimum Gasteiger partial charge on any atom is -0.386 e. The minimum atomic E-state index is -0.513. The molecule has 0 aliphatic heterocycles. The van der Waals surface area contributed by atoms with Gasteiger partial charge in [0.25, 0.3) is 0 Å². The molecule has 0 aromatic heterocycles. The molecule has 5 heteroatoms. The highest BCUT2D eigenvalue weighted by atomic mass is 35.5. The van der Waals surface area contributed by atoms with Crippen LogP contribution in [-0.2, 0) is 0 Å². The van der Waals surface area contributed by atoms with E-state index in [0.29, 0.717) is 0 Å². The first-order chi connectivity index (χ1) is 6.15. The van der Waals surface area contributed by atoms with Gasteiger partial charge in [-0.2, -0.15) is 0 Å². The quantitative estimate of drug-likeness (QED) is 0.465. The summed E-state index contributed by atoms with van der Waals surface area (Å²) in [6, 6.07) is 4.28. The lowest BCUT2D eigenvalue weighted by Crippen LogP contribution is -2.12. The summed E-state index contributed by atoms with van der Waals surface area (Å²) in [5, 5.41) is 0.216. The molecule has 0 saturated carbocycles. The maximum Gasteiger partial charge on any atom is 0.150 e. The Kier molecular flexibility index (Phi) is 3.51. The average Bonchev–Trinajstić information content (AvgIpc) is 2.11. The second kappa shape index (κ2) is 4.44. The first kappa shape index (κ1) is 10.3. The van der Waals surface area contributed by atoms with Crippen molar-refractivity contribution in [2.24, 2.45) is 10.7 Å². The van der Waals surface area contributed by atoms with E-state index in [9.17, 15) is 4.39 Å². The summed E-state index contributed by atoms with van der Waals surface area (Å²) in [5.41, 5.74) is 5.37. The van der Waals surface area contributed by atoms with Gasteiger partial charge in [0, 0.05) is 0 Å². The maximum absolute atomic E-state index is 13.1. The third-order valence-corrected chi connectivity index (χ3v) is 1.91. The largest absolute Gasteiger partial charge is 0.386 e. The standard InChI is InChI=1S/C8H7Cl2FN2/c9-4-7(12)13-8-5(10)2-1-3-6(8)11/h1-3H,4H2,(H2,12,13). The molecule has 0 unspecified atom stereocenters. The van der Waals surface area contributed by atoms with Crippen LogP contribution in [0.4, 0.5) is 10.1 Å². The van der Waals surface area contributed by atoms with Crippen LogP contribution in [0.3, 0.4) is 0 Å². The molecule has 0 atom stereocenters. The predicted molar refractivity (Wildman–Crippen MR) is 53.4 cm³/mol. The van der Waals surface area contributed by atoms with Crippen molar-refractivity contribution in [2.75, 3.05) is 5.88 Å². The third kappa shape index (κ3) is 2.57. The molecule has 1 aromatic rings. The highest BCUT2D eigenvalue weighted by Gasteiger charge is 2.05. The molecule has 0 bridgehead atoms. The van der Waals surface area contributed by atoms with Crippen molar-refractivity contribution in [1.29, 1.82) is 0 Å². The van der Waals surface area contributed by atoms with Crippen molar-refractivity contribution >= 4 is 34.7 Å².